The van der Waals surface area contributed by atoms with Gasteiger partial charge in [-0.25, -0.2) is 4.98 Å². The Bertz CT molecular complexity index is 1270. The number of halogens is 1. The maximum Gasteiger partial charge on any atom is 0.268 e. The van der Waals surface area contributed by atoms with Crippen LogP contribution < -0.4 is 16.0 Å². The molecule has 1 aliphatic rings. The predicted molar refractivity (Wildman–Crippen MR) is 140 cm³/mol. The lowest BCUT2D eigenvalue weighted by atomic mass is 9.85. The summed E-state index contributed by atoms with van der Waals surface area (Å²) in [6.07, 6.45) is 4.21. The number of fused-ring (bicyclic) bond motifs is 1. The Morgan fingerprint density at radius 2 is 1.94 bits per heavy atom. The largest absolute Gasteiger partial charge is 0.354 e. The summed E-state index contributed by atoms with van der Waals surface area (Å²) in [6, 6.07) is 7.27. The van der Waals surface area contributed by atoms with Gasteiger partial charge in [-0.1, -0.05) is 24.2 Å². The number of amides is 3. The number of anilines is 2. The lowest BCUT2D eigenvalue weighted by Crippen LogP contribution is -2.37. The normalized spacial score (nSPS) is 17.8. The number of thiophene rings is 1. The van der Waals surface area contributed by atoms with E-state index in [9.17, 15) is 14.4 Å². The number of aromatic nitrogens is 2. The molecule has 184 valence electrons. The van der Waals surface area contributed by atoms with Crippen LogP contribution in [-0.2, 0) is 9.59 Å². The van der Waals surface area contributed by atoms with E-state index in [-0.39, 0.29) is 35.7 Å². The van der Waals surface area contributed by atoms with Gasteiger partial charge in [-0.15, -0.1) is 11.3 Å². The van der Waals surface area contributed by atoms with Gasteiger partial charge in [-0.05, 0) is 63.8 Å². The third-order valence-electron chi connectivity index (χ3n) is 6.03. The first-order chi connectivity index (χ1) is 16.8. The quantitative estimate of drug-likeness (QED) is 0.368. The SMILES string of the molecule is C=CC(=O)Nc1csc(C(=O)Nc2nc3cccc(Cl)c3n2[C@H]2CC[C@@H](C(=O)NC(C)C)CC2)c1. The second-order valence-corrected chi connectivity index (χ2v) is 10.2. The van der Waals surface area contributed by atoms with Gasteiger partial charge in [0.05, 0.1) is 26.6 Å². The molecular weight excluding hydrogens is 486 g/mol. The molecule has 2 aromatic heterocycles. The van der Waals surface area contributed by atoms with Crippen LogP contribution in [0.2, 0.25) is 5.02 Å². The molecule has 10 heteroatoms. The average Bonchev–Trinajstić information content (AvgIpc) is 3.44. The van der Waals surface area contributed by atoms with Crippen molar-refractivity contribution in [3.8, 4) is 0 Å². The van der Waals surface area contributed by atoms with Gasteiger partial charge in [0, 0.05) is 23.4 Å². The van der Waals surface area contributed by atoms with Crippen LogP contribution in [0.25, 0.3) is 11.0 Å². The molecule has 0 saturated heterocycles. The number of nitrogens with one attached hydrogen (secondary N) is 3. The van der Waals surface area contributed by atoms with E-state index in [1.54, 1.807) is 11.4 Å². The van der Waals surface area contributed by atoms with E-state index in [2.05, 4.69) is 27.5 Å². The molecule has 1 saturated carbocycles. The zero-order chi connectivity index (χ0) is 25.1. The van der Waals surface area contributed by atoms with Crippen molar-refractivity contribution in [1.29, 1.82) is 0 Å². The molecule has 1 aliphatic carbocycles. The lowest BCUT2D eigenvalue weighted by molar-refractivity contribution is -0.126. The van der Waals surface area contributed by atoms with Crippen molar-refractivity contribution in [2.45, 2.75) is 51.6 Å². The summed E-state index contributed by atoms with van der Waals surface area (Å²) in [5.74, 6) is -0.182. The Morgan fingerprint density at radius 3 is 2.63 bits per heavy atom. The number of hydrogen-bond donors (Lipinski definition) is 3. The first kappa shape index (κ1) is 24.9. The number of carbonyl (C=O) groups excluding carboxylic acids is 3. The Hall–Kier alpha value is -3.17. The van der Waals surface area contributed by atoms with Gasteiger partial charge in [0.15, 0.2) is 0 Å². The Balaban J connectivity index is 1.57. The van der Waals surface area contributed by atoms with E-state index in [4.69, 9.17) is 11.6 Å². The maximum atomic E-state index is 13.1. The zero-order valence-electron chi connectivity index (χ0n) is 19.6. The smallest absolute Gasteiger partial charge is 0.268 e. The van der Waals surface area contributed by atoms with E-state index in [1.807, 2.05) is 36.6 Å². The van der Waals surface area contributed by atoms with Gasteiger partial charge in [0.25, 0.3) is 5.91 Å². The van der Waals surface area contributed by atoms with Crippen LogP contribution in [0.1, 0.15) is 55.2 Å². The molecule has 8 nitrogen and oxygen atoms in total. The van der Waals surface area contributed by atoms with Crippen LogP contribution >= 0.6 is 22.9 Å². The molecule has 0 radical (unpaired) electrons. The average molecular weight is 514 g/mol. The van der Waals surface area contributed by atoms with Crippen molar-refractivity contribution in [2.75, 3.05) is 10.6 Å². The van der Waals surface area contributed by atoms with Gasteiger partial charge < -0.3 is 15.2 Å². The number of rotatable bonds is 7. The maximum absolute atomic E-state index is 13.1. The number of imidazole rings is 1. The highest BCUT2D eigenvalue weighted by Crippen LogP contribution is 2.39. The Morgan fingerprint density at radius 1 is 1.20 bits per heavy atom. The molecule has 0 unspecified atom stereocenters. The predicted octanol–water partition coefficient (Wildman–Crippen LogP) is 5.38. The summed E-state index contributed by atoms with van der Waals surface area (Å²) in [5.41, 5.74) is 1.99. The lowest BCUT2D eigenvalue weighted by Gasteiger charge is -2.30. The van der Waals surface area contributed by atoms with E-state index in [0.29, 0.717) is 27.1 Å². The molecule has 0 aliphatic heterocycles. The van der Waals surface area contributed by atoms with Gasteiger partial charge >= 0.3 is 0 Å². The molecule has 3 N–H and O–H groups in total. The minimum atomic E-state index is -0.344. The number of benzene rings is 1. The summed E-state index contributed by atoms with van der Waals surface area (Å²) >= 11 is 7.79. The van der Waals surface area contributed by atoms with Crippen LogP contribution in [0.3, 0.4) is 0 Å². The van der Waals surface area contributed by atoms with Crippen LogP contribution in [0.5, 0.6) is 0 Å². The third kappa shape index (κ3) is 5.57. The molecule has 1 aromatic carbocycles. The Kier molecular flexibility index (Phi) is 7.57. The Labute approximate surface area is 212 Å². The molecule has 0 spiro atoms. The van der Waals surface area contributed by atoms with Crippen molar-refractivity contribution in [1.82, 2.24) is 14.9 Å². The highest BCUT2D eigenvalue weighted by molar-refractivity contribution is 7.12. The number of hydrogen-bond acceptors (Lipinski definition) is 5. The van der Waals surface area contributed by atoms with Crippen LogP contribution in [-0.4, -0.2) is 33.3 Å². The molecule has 0 atom stereocenters. The van der Waals surface area contributed by atoms with E-state index < -0.39 is 0 Å². The fourth-order valence-electron chi connectivity index (χ4n) is 4.43. The highest BCUT2D eigenvalue weighted by atomic mass is 35.5. The molecule has 3 aromatic rings. The van der Waals surface area contributed by atoms with Gasteiger partial charge in [-0.2, -0.15) is 0 Å². The molecular formula is C25H28ClN5O3S. The van der Waals surface area contributed by atoms with E-state index >= 15 is 0 Å². The van der Waals surface area contributed by atoms with Crippen LogP contribution in [0.15, 0.2) is 42.3 Å². The molecule has 1 fully saturated rings. The van der Waals surface area contributed by atoms with Crippen molar-refractivity contribution in [3.05, 3.63) is 52.2 Å². The van der Waals surface area contributed by atoms with Crippen LogP contribution in [0, 0.1) is 5.92 Å². The van der Waals surface area contributed by atoms with E-state index in [0.717, 1.165) is 31.2 Å². The standard InChI is InChI=1S/C25H28ClN5O3S/c1-4-21(32)28-16-12-20(35-13-16)24(34)30-25-29-19-7-5-6-18(26)22(19)31(25)17-10-8-15(9-11-17)23(33)27-14(2)3/h4-7,12-15,17H,1,8-11H2,2-3H3,(H,27,33)(H,28,32)(H,29,30,34)/t15-,17+. The second-order valence-electron chi connectivity index (χ2n) is 8.93. The molecule has 0 bridgehead atoms. The summed E-state index contributed by atoms with van der Waals surface area (Å²) < 4.78 is 2.00. The van der Waals surface area contributed by atoms with E-state index in [1.165, 1.54) is 17.4 Å². The minimum Gasteiger partial charge on any atom is -0.354 e. The minimum absolute atomic E-state index is 0.0211. The second kappa shape index (κ2) is 10.6. The highest BCUT2D eigenvalue weighted by Gasteiger charge is 2.30. The fourth-order valence-corrected chi connectivity index (χ4v) is 5.42. The van der Waals surface area contributed by atoms with Crippen molar-refractivity contribution >= 4 is 63.3 Å². The number of carbonyl (C=O) groups is 3. The third-order valence-corrected chi connectivity index (χ3v) is 7.26. The topological polar surface area (TPSA) is 105 Å². The number of para-hydroxylation sites is 1. The number of nitrogens with zero attached hydrogens (tertiary/aromatic N) is 2. The van der Waals surface area contributed by atoms with Gasteiger partial charge in [-0.3, -0.25) is 19.7 Å². The monoisotopic (exact) mass is 513 g/mol. The summed E-state index contributed by atoms with van der Waals surface area (Å²) in [4.78, 5) is 42.2. The molecule has 2 heterocycles. The van der Waals surface area contributed by atoms with Crippen LogP contribution in [0.4, 0.5) is 11.6 Å². The molecule has 35 heavy (non-hydrogen) atoms. The van der Waals surface area contributed by atoms with Gasteiger partial charge in [0.2, 0.25) is 17.8 Å². The summed E-state index contributed by atoms with van der Waals surface area (Å²) in [7, 11) is 0. The fraction of sp³-hybridized carbons (Fsp3) is 0.360. The zero-order valence-corrected chi connectivity index (χ0v) is 21.2. The molecule has 3 amide bonds. The van der Waals surface area contributed by atoms with Gasteiger partial charge in [0.1, 0.15) is 0 Å². The van der Waals surface area contributed by atoms with Crippen molar-refractivity contribution < 1.29 is 14.4 Å². The molecule has 4 rings (SSSR count). The van der Waals surface area contributed by atoms with Crippen molar-refractivity contribution in [2.24, 2.45) is 5.92 Å². The first-order valence-electron chi connectivity index (χ1n) is 11.6. The summed E-state index contributed by atoms with van der Waals surface area (Å²) in [5, 5.41) is 10.8. The summed E-state index contributed by atoms with van der Waals surface area (Å²) in [6.45, 7) is 7.35. The van der Waals surface area contributed by atoms with Crippen molar-refractivity contribution in [3.63, 3.8) is 0 Å². The first-order valence-corrected chi connectivity index (χ1v) is 12.8.